The zero-order valence-corrected chi connectivity index (χ0v) is 7.46. The average Bonchev–Trinajstić information content (AvgIpc) is 1.38. The minimum absolute atomic E-state index is 0. The molecule has 6 heavy (non-hydrogen) atoms. The van der Waals surface area contributed by atoms with Crippen molar-refractivity contribution in [2.45, 2.75) is 13.8 Å². The summed E-state index contributed by atoms with van der Waals surface area (Å²) < 4.78 is 0. The van der Waals surface area contributed by atoms with E-state index in [0.717, 1.165) is 0 Å². The van der Waals surface area contributed by atoms with E-state index in [9.17, 15) is 0 Å². The summed E-state index contributed by atoms with van der Waals surface area (Å²) in [6.45, 7) is 7.56. The van der Waals surface area contributed by atoms with E-state index in [1.54, 1.807) is 0 Å². The molecule has 0 aliphatic rings. The molecule has 0 amide bonds. The first-order chi connectivity index (χ1) is 2.27. The fourth-order valence-corrected chi connectivity index (χ4v) is 0. The monoisotopic (exact) mass is 133 g/mol. The molecular weight excluding hydrogens is 125 g/mol. The van der Waals surface area contributed by atoms with E-state index in [1.165, 1.54) is 5.57 Å². The van der Waals surface area contributed by atoms with Gasteiger partial charge in [0.1, 0.15) is 0 Å². The van der Waals surface area contributed by atoms with Gasteiger partial charge < -0.3 is 0 Å². The van der Waals surface area contributed by atoms with Crippen molar-refractivity contribution in [3.63, 3.8) is 0 Å². The summed E-state index contributed by atoms with van der Waals surface area (Å²) in [5.41, 5.74) is 1.27. The van der Waals surface area contributed by atoms with Crippen molar-refractivity contribution in [3.8, 4) is 0 Å². The van der Waals surface area contributed by atoms with E-state index >= 15 is 0 Å². The van der Waals surface area contributed by atoms with Crippen LogP contribution in [-0.4, -0.2) is 0 Å². The molecule has 0 aliphatic heterocycles. The molecule has 0 aliphatic carbocycles. The summed E-state index contributed by atoms with van der Waals surface area (Å²) in [4.78, 5) is 0. The molecule has 1 heteroatoms. The summed E-state index contributed by atoms with van der Waals surface area (Å²) >= 11 is 0. The zero-order chi connectivity index (χ0) is 4.28. The minimum atomic E-state index is 0. The first kappa shape index (κ1) is 9.53. The van der Waals surface area contributed by atoms with Crippen molar-refractivity contribution in [1.29, 1.82) is 0 Å². The van der Waals surface area contributed by atoms with Gasteiger partial charge >= 0.3 is 0 Å². The fourth-order valence-electron chi connectivity index (χ4n) is 0. The first-order valence-electron chi connectivity index (χ1n) is 1.70. The Morgan fingerprint density at radius 1 is 1.50 bits per heavy atom. The number of rotatable bonds is 0. The molecule has 0 unspecified atom stereocenters. The topological polar surface area (TPSA) is 0 Å². The standard InChI is InChI=1S/C5H9.Zn/c1-4-5(2)3;/h4H,1H2,2-3H3;/q-1;. The molecular formula is C5H9Zn-. The van der Waals surface area contributed by atoms with E-state index < -0.39 is 0 Å². The Bertz CT molecular complexity index is 41.9. The molecule has 0 N–H and O–H groups in total. The quantitative estimate of drug-likeness (QED) is 0.350. The van der Waals surface area contributed by atoms with Crippen molar-refractivity contribution >= 4 is 0 Å². The van der Waals surface area contributed by atoms with Gasteiger partial charge in [0.15, 0.2) is 0 Å². The van der Waals surface area contributed by atoms with Gasteiger partial charge in [-0.05, 0) is 0 Å². The van der Waals surface area contributed by atoms with Gasteiger partial charge in [-0.25, -0.2) is 18.6 Å². The predicted octanol–water partition coefficient (Wildman–Crippen LogP) is 1.78. The van der Waals surface area contributed by atoms with Crippen LogP contribution in [0.15, 0.2) is 11.6 Å². The number of allylic oxidation sites excluding steroid dienone is 2. The largest absolute Gasteiger partial charge is 0.245 e. The average molecular weight is 135 g/mol. The number of hydrogen-bond donors (Lipinski definition) is 0. The molecule has 0 heterocycles. The van der Waals surface area contributed by atoms with Crippen molar-refractivity contribution in [3.05, 3.63) is 18.6 Å². The van der Waals surface area contributed by atoms with Gasteiger partial charge in [0.2, 0.25) is 0 Å². The molecule has 0 atom stereocenters. The molecule has 0 aromatic carbocycles. The Hall–Kier alpha value is 0.233. The van der Waals surface area contributed by atoms with Gasteiger partial charge in [-0.2, -0.15) is 0 Å². The van der Waals surface area contributed by atoms with Crippen LogP contribution in [0.2, 0.25) is 0 Å². The maximum Gasteiger partial charge on any atom is 0 e. The molecule has 0 fully saturated rings. The van der Waals surface area contributed by atoms with Gasteiger partial charge in [0.05, 0.1) is 0 Å². The van der Waals surface area contributed by atoms with Crippen LogP contribution in [0.25, 0.3) is 0 Å². The zero-order valence-electron chi connectivity index (χ0n) is 4.49. The minimum Gasteiger partial charge on any atom is -0.245 e. The van der Waals surface area contributed by atoms with Crippen LogP contribution >= 0.6 is 0 Å². The fraction of sp³-hybridized carbons (Fsp3) is 0.400. The van der Waals surface area contributed by atoms with Crippen LogP contribution in [0.5, 0.6) is 0 Å². The molecule has 0 nitrogen and oxygen atoms in total. The van der Waals surface area contributed by atoms with Crippen LogP contribution < -0.4 is 0 Å². The Balaban J connectivity index is 0. The molecule has 0 bridgehead atoms. The summed E-state index contributed by atoms with van der Waals surface area (Å²) in [6, 6.07) is 0. The second-order valence-corrected chi connectivity index (χ2v) is 1.28. The SMILES string of the molecule is [CH2-]C=C(C)C.[Zn]. The van der Waals surface area contributed by atoms with Gasteiger partial charge in [-0.15, -0.1) is 13.8 Å². The smallest absolute Gasteiger partial charge is 0 e. The predicted molar refractivity (Wildman–Crippen MR) is 24.8 cm³/mol. The van der Waals surface area contributed by atoms with Gasteiger partial charge in [0.25, 0.3) is 0 Å². The Labute approximate surface area is 52.4 Å². The molecule has 32 valence electrons. The van der Waals surface area contributed by atoms with Crippen LogP contribution in [-0.2, 0) is 19.5 Å². The van der Waals surface area contributed by atoms with E-state index in [-0.39, 0.29) is 19.5 Å². The summed E-state index contributed by atoms with van der Waals surface area (Å²) in [7, 11) is 0. The summed E-state index contributed by atoms with van der Waals surface area (Å²) in [5, 5.41) is 0. The van der Waals surface area contributed by atoms with Crippen LogP contribution in [0.3, 0.4) is 0 Å². The Morgan fingerprint density at radius 3 is 1.67 bits per heavy atom. The van der Waals surface area contributed by atoms with Crippen LogP contribution in [0.1, 0.15) is 13.8 Å². The molecule has 0 aromatic rings. The Kier molecular flexibility index (Phi) is 8.31. The van der Waals surface area contributed by atoms with Gasteiger partial charge in [-0.3, -0.25) is 0 Å². The summed E-state index contributed by atoms with van der Waals surface area (Å²) in [5.74, 6) is 0. The molecule has 0 rings (SSSR count). The third-order valence-electron chi connectivity index (χ3n) is 0.408. The second-order valence-electron chi connectivity index (χ2n) is 1.28. The van der Waals surface area contributed by atoms with E-state index in [4.69, 9.17) is 0 Å². The van der Waals surface area contributed by atoms with E-state index in [2.05, 4.69) is 6.92 Å². The molecule has 0 spiro atoms. The number of hydrogen-bond acceptors (Lipinski definition) is 0. The van der Waals surface area contributed by atoms with Crippen molar-refractivity contribution in [2.75, 3.05) is 0 Å². The van der Waals surface area contributed by atoms with Gasteiger partial charge in [0, 0.05) is 19.5 Å². The third kappa shape index (κ3) is 8.87. The van der Waals surface area contributed by atoms with Crippen LogP contribution in [0.4, 0.5) is 0 Å². The van der Waals surface area contributed by atoms with Gasteiger partial charge in [-0.1, -0.05) is 0 Å². The molecule has 0 aromatic heterocycles. The van der Waals surface area contributed by atoms with Crippen molar-refractivity contribution in [1.82, 2.24) is 0 Å². The molecule has 0 saturated heterocycles. The summed E-state index contributed by atoms with van der Waals surface area (Å²) in [6.07, 6.45) is 1.83. The van der Waals surface area contributed by atoms with E-state index in [1.807, 2.05) is 19.9 Å². The normalized spacial score (nSPS) is 5.67. The maximum atomic E-state index is 3.52. The first-order valence-corrected chi connectivity index (χ1v) is 1.70. The second kappa shape index (κ2) is 5.23. The van der Waals surface area contributed by atoms with E-state index in [0.29, 0.717) is 0 Å². The molecule has 0 saturated carbocycles. The van der Waals surface area contributed by atoms with Crippen molar-refractivity contribution in [2.24, 2.45) is 0 Å². The third-order valence-corrected chi connectivity index (χ3v) is 0.408. The molecule has 0 radical (unpaired) electrons. The van der Waals surface area contributed by atoms with Crippen molar-refractivity contribution < 1.29 is 19.5 Å². The maximum absolute atomic E-state index is 3.52. The Morgan fingerprint density at radius 2 is 1.67 bits per heavy atom. The van der Waals surface area contributed by atoms with Crippen LogP contribution in [0, 0.1) is 6.92 Å².